The van der Waals surface area contributed by atoms with E-state index in [1.807, 2.05) is 0 Å². The molecular formula is C12H23N3O. The number of guanidine groups is 1. The largest absolute Gasteiger partial charge is 0.396 e. The zero-order valence-corrected chi connectivity index (χ0v) is 10.1. The number of hydrogen-bond donors (Lipinski definition) is 3. The van der Waals surface area contributed by atoms with Gasteiger partial charge in [-0.1, -0.05) is 6.42 Å². The van der Waals surface area contributed by atoms with Gasteiger partial charge < -0.3 is 15.7 Å². The molecule has 0 spiro atoms. The fraction of sp³-hybridized carbons (Fsp3) is 0.917. The monoisotopic (exact) mass is 225 g/mol. The summed E-state index contributed by atoms with van der Waals surface area (Å²) in [5, 5.41) is 15.9. The molecule has 0 bridgehead atoms. The van der Waals surface area contributed by atoms with Crippen molar-refractivity contribution in [2.75, 3.05) is 19.7 Å². The molecule has 16 heavy (non-hydrogen) atoms. The average Bonchev–Trinajstić information content (AvgIpc) is 2.73. The Morgan fingerprint density at radius 2 is 2.25 bits per heavy atom. The SMILES string of the molecule is CC1CN=C(NC[C@H]2CCC[C@@H](CO)C2)N1. The van der Waals surface area contributed by atoms with Crippen molar-refractivity contribution in [2.24, 2.45) is 16.8 Å². The van der Waals surface area contributed by atoms with Gasteiger partial charge in [-0.25, -0.2) is 0 Å². The van der Waals surface area contributed by atoms with E-state index in [0.29, 0.717) is 24.5 Å². The molecule has 1 saturated carbocycles. The Bertz CT molecular complexity index is 255. The second-order valence-corrected chi connectivity index (χ2v) is 5.20. The lowest BCUT2D eigenvalue weighted by Gasteiger charge is -2.28. The highest BCUT2D eigenvalue weighted by atomic mass is 16.3. The predicted molar refractivity (Wildman–Crippen MR) is 65.4 cm³/mol. The Kier molecular flexibility index (Phi) is 4.04. The fourth-order valence-electron chi connectivity index (χ4n) is 2.65. The molecule has 3 atom stereocenters. The highest BCUT2D eigenvalue weighted by Gasteiger charge is 2.22. The molecule has 1 aliphatic carbocycles. The van der Waals surface area contributed by atoms with Crippen LogP contribution in [0.3, 0.4) is 0 Å². The summed E-state index contributed by atoms with van der Waals surface area (Å²) in [5.41, 5.74) is 0. The maximum absolute atomic E-state index is 9.17. The van der Waals surface area contributed by atoms with Crippen LogP contribution in [0.1, 0.15) is 32.6 Å². The molecule has 1 fully saturated rings. The Labute approximate surface area is 97.5 Å². The topological polar surface area (TPSA) is 56.7 Å². The van der Waals surface area contributed by atoms with Crippen LogP contribution in [0.15, 0.2) is 4.99 Å². The van der Waals surface area contributed by atoms with Crippen LogP contribution in [0.4, 0.5) is 0 Å². The van der Waals surface area contributed by atoms with Crippen molar-refractivity contribution in [1.82, 2.24) is 10.6 Å². The van der Waals surface area contributed by atoms with E-state index in [1.54, 1.807) is 0 Å². The predicted octanol–water partition coefficient (Wildman–Crippen LogP) is 0.722. The smallest absolute Gasteiger partial charge is 0.191 e. The summed E-state index contributed by atoms with van der Waals surface area (Å²) in [6, 6.07) is 0.471. The molecule has 0 aromatic carbocycles. The van der Waals surface area contributed by atoms with Crippen LogP contribution in [0.25, 0.3) is 0 Å². The van der Waals surface area contributed by atoms with Gasteiger partial charge in [-0.2, -0.15) is 0 Å². The van der Waals surface area contributed by atoms with Gasteiger partial charge in [0.1, 0.15) is 0 Å². The third-order valence-corrected chi connectivity index (χ3v) is 3.61. The van der Waals surface area contributed by atoms with Crippen molar-refractivity contribution in [3.63, 3.8) is 0 Å². The van der Waals surface area contributed by atoms with E-state index in [9.17, 15) is 0 Å². The van der Waals surface area contributed by atoms with Crippen molar-refractivity contribution in [2.45, 2.75) is 38.6 Å². The maximum atomic E-state index is 9.17. The minimum atomic E-state index is 0.354. The van der Waals surface area contributed by atoms with Crippen molar-refractivity contribution < 1.29 is 5.11 Å². The minimum absolute atomic E-state index is 0.354. The van der Waals surface area contributed by atoms with E-state index < -0.39 is 0 Å². The number of hydrogen-bond acceptors (Lipinski definition) is 4. The third kappa shape index (κ3) is 3.11. The van der Waals surface area contributed by atoms with E-state index in [4.69, 9.17) is 5.11 Å². The molecule has 1 heterocycles. The summed E-state index contributed by atoms with van der Waals surface area (Å²) in [6.07, 6.45) is 4.90. The molecule has 0 amide bonds. The molecular weight excluding hydrogens is 202 g/mol. The number of aliphatic hydroxyl groups is 1. The van der Waals surface area contributed by atoms with Crippen molar-refractivity contribution in [3.8, 4) is 0 Å². The Morgan fingerprint density at radius 3 is 2.94 bits per heavy atom. The van der Waals surface area contributed by atoms with Crippen molar-refractivity contribution in [3.05, 3.63) is 0 Å². The zero-order chi connectivity index (χ0) is 11.4. The van der Waals surface area contributed by atoms with Gasteiger partial charge in [0.25, 0.3) is 0 Å². The number of rotatable bonds is 3. The lowest BCUT2D eigenvalue weighted by Crippen LogP contribution is -2.40. The van der Waals surface area contributed by atoms with Crippen LogP contribution in [0, 0.1) is 11.8 Å². The summed E-state index contributed by atoms with van der Waals surface area (Å²) >= 11 is 0. The van der Waals surface area contributed by atoms with Crippen LogP contribution in [-0.4, -0.2) is 36.8 Å². The Balaban J connectivity index is 1.69. The van der Waals surface area contributed by atoms with Crippen LogP contribution < -0.4 is 10.6 Å². The molecule has 1 unspecified atom stereocenters. The van der Waals surface area contributed by atoms with Gasteiger partial charge in [-0.3, -0.25) is 4.99 Å². The molecule has 0 radical (unpaired) electrons. The van der Waals surface area contributed by atoms with Crippen LogP contribution in [-0.2, 0) is 0 Å². The second-order valence-electron chi connectivity index (χ2n) is 5.20. The van der Waals surface area contributed by atoms with E-state index in [2.05, 4.69) is 22.5 Å². The summed E-state index contributed by atoms with van der Waals surface area (Å²) in [4.78, 5) is 4.39. The number of aliphatic imine (C=N–C) groups is 1. The van der Waals surface area contributed by atoms with Gasteiger partial charge in [-0.15, -0.1) is 0 Å². The van der Waals surface area contributed by atoms with Gasteiger partial charge in [0.05, 0.1) is 6.54 Å². The van der Waals surface area contributed by atoms with Gasteiger partial charge in [0, 0.05) is 19.2 Å². The van der Waals surface area contributed by atoms with E-state index in [1.165, 1.54) is 19.3 Å². The van der Waals surface area contributed by atoms with Crippen LogP contribution in [0.5, 0.6) is 0 Å². The molecule has 3 N–H and O–H groups in total. The highest BCUT2D eigenvalue weighted by Crippen LogP contribution is 2.28. The average molecular weight is 225 g/mol. The van der Waals surface area contributed by atoms with Gasteiger partial charge in [-0.05, 0) is 38.0 Å². The number of aliphatic hydroxyl groups excluding tert-OH is 1. The van der Waals surface area contributed by atoms with Crippen LogP contribution >= 0.6 is 0 Å². The first kappa shape index (κ1) is 11.7. The first-order valence-corrected chi connectivity index (χ1v) is 6.43. The fourth-order valence-corrected chi connectivity index (χ4v) is 2.65. The zero-order valence-electron chi connectivity index (χ0n) is 10.1. The molecule has 0 aromatic rings. The van der Waals surface area contributed by atoms with Gasteiger partial charge in [0.2, 0.25) is 0 Å². The minimum Gasteiger partial charge on any atom is -0.396 e. The molecule has 4 heteroatoms. The summed E-state index contributed by atoms with van der Waals surface area (Å²) < 4.78 is 0. The van der Waals surface area contributed by atoms with Crippen molar-refractivity contribution >= 4 is 5.96 Å². The van der Waals surface area contributed by atoms with E-state index in [0.717, 1.165) is 25.5 Å². The van der Waals surface area contributed by atoms with E-state index >= 15 is 0 Å². The molecule has 92 valence electrons. The third-order valence-electron chi connectivity index (χ3n) is 3.61. The van der Waals surface area contributed by atoms with Crippen molar-refractivity contribution in [1.29, 1.82) is 0 Å². The highest BCUT2D eigenvalue weighted by molar-refractivity contribution is 5.81. The van der Waals surface area contributed by atoms with Gasteiger partial charge in [0.15, 0.2) is 5.96 Å². The van der Waals surface area contributed by atoms with Crippen LogP contribution in [0.2, 0.25) is 0 Å². The quantitative estimate of drug-likeness (QED) is 0.663. The van der Waals surface area contributed by atoms with E-state index in [-0.39, 0.29) is 0 Å². The maximum Gasteiger partial charge on any atom is 0.191 e. The molecule has 0 aromatic heterocycles. The van der Waals surface area contributed by atoms with Gasteiger partial charge >= 0.3 is 0 Å². The number of nitrogens with zero attached hydrogens (tertiary/aromatic N) is 1. The lowest BCUT2D eigenvalue weighted by atomic mass is 9.82. The first-order valence-electron chi connectivity index (χ1n) is 6.43. The summed E-state index contributed by atoms with van der Waals surface area (Å²) in [7, 11) is 0. The molecule has 4 nitrogen and oxygen atoms in total. The normalized spacial score (nSPS) is 34.4. The lowest BCUT2D eigenvalue weighted by molar-refractivity contribution is 0.161. The molecule has 2 aliphatic rings. The summed E-state index contributed by atoms with van der Waals surface area (Å²) in [5.74, 6) is 2.18. The number of nitrogens with one attached hydrogen (secondary N) is 2. The molecule has 1 aliphatic heterocycles. The Morgan fingerprint density at radius 1 is 1.44 bits per heavy atom. The molecule has 2 rings (SSSR count). The first-order chi connectivity index (χ1) is 7.78. The second kappa shape index (κ2) is 5.53. The Hall–Kier alpha value is -0.770. The summed E-state index contributed by atoms with van der Waals surface area (Å²) in [6.45, 7) is 4.37. The molecule has 0 saturated heterocycles. The standard InChI is InChI=1S/C12H23N3O/c1-9-6-13-12(15-9)14-7-10-3-2-4-11(5-10)8-16/h9-11,16H,2-8H2,1H3,(H2,13,14,15)/t9?,10-,11+/m0/s1.